The second-order valence-electron chi connectivity index (χ2n) is 2.57. The molecule has 1 amide bonds. The van der Waals surface area contributed by atoms with Gasteiger partial charge in [0.15, 0.2) is 0 Å². The first-order valence-corrected chi connectivity index (χ1v) is 6.66. The van der Waals surface area contributed by atoms with Crippen molar-refractivity contribution >= 4 is 14.9 Å². The quantitative estimate of drug-likeness (QED) is 0.489. The zero-order chi connectivity index (χ0) is 8.85. The smallest absolute Gasteiger partial charge is 0.406 e. The minimum atomic E-state index is -1.07. The van der Waals surface area contributed by atoms with E-state index in [1.54, 1.807) is 0 Å². The van der Waals surface area contributed by atoms with Crippen molar-refractivity contribution in [1.82, 2.24) is 5.32 Å². The zero-order valence-electron chi connectivity index (χ0n) is 7.13. The lowest BCUT2D eigenvalue weighted by molar-refractivity contribution is 0.0873. The summed E-state index contributed by atoms with van der Waals surface area (Å²) in [5, 5.41) is 10.7. The Balaban J connectivity index is 3.79. The minimum absolute atomic E-state index is 0.252. The van der Waals surface area contributed by atoms with Gasteiger partial charge in [0.2, 0.25) is 0 Å². The normalized spacial score (nSPS) is 13.1. The molecule has 0 saturated heterocycles. The number of ether oxygens (including phenoxy) is 1. The monoisotopic (exact) mass is 177 g/mol. The molecule has 0 aliphatic carbocycles. The highest BCUT2D eigenvalue weighted by Crippen LogP contribution is 1.93. The molecule has 11 heavy (non-hydrogen) atoms. The van der Waals surface area contributed by atoms with Gasteiger partial charge in [0.25, 0.3) is 0 Å². The van der Waals surface area contributed by atoms with Gasteiger partial charge in [-0.1, -0.05) is 13.1 Å². The molecule has 5 heteroatoms. The van der Waals surface area contributed by atoms with Gasteiger partial charge in [-0.3, -0.25) is 5.32 Å². The van der Waals surface area contributed by atoms with Crippen LogP contribution in [0.3, 0.4) is 0 Å². The third kappa shape index (κ3) is 4.80. The van der Waals surface area contributed by atoms with E-state index in [2.05, 4.69) is 5.32 Å². The topological polar surface area (TPSA) is 58.6 Å². The highest BCUT2D eigenvalue weighted by molar-refractivity contribution is 6.57. The van der Waals surface area contributed by atoms with Gasteiger partial charge in [-0.25, -0.2) is 4.79 Å². The Hall–Kier alpha value is -0.553. The van der Waals surface area contributed by atoms with E-state index in [0.29, 0.717) is 6.61 Å². The van der Waals surface area contributed by atoms with E-state index in [1.165, 1.54) is 0 Å². The SMILES string of the molecule is CCOC(NC(=O)O)[SiH](C)C. The van der Waals surface area contributed by atoms with Crippen LogP contribution in [0.2, 0.25) is 13.1 Å². The molecule has 0 radical (unpaired) electrons. The molecule has 0 aromatic rings. The van der Waals surface area contributed by atoms with E-state index in [4.69, 9.17) is 9.84 Å². The molecule has 1 unspecified atom stereocenters. The van der Waals surface area contributed by atoms with E-state index in [1.807, 2.05) is 20.0 Å². The molecule has 4 nitrogen and oxygen atoms in total. The van der Waals surface area contributed by atoms with Crippen molar-refractivity contribution in [3.05, 3.63) is 0 Å². The molecular weight excluding hydrogens is 162 g/mol. The highest BCUT2D eigenvalue weighted by Gasteiger charge is 2.15. The summed E-state index contributed by atoms with van der Waals surface area (Å²) >= 11 is 0. The number of rotatable bonds is 4. The number of carbonyl (C=O) groups is 1. The average molecular weight is 177 g/mol. The fourth-order valence-electron chi connectivity index (χ4n) is 0.702. The fraction of sp³-hybridized carbons (Fsp3) is 0.833. The Morgan fingerprint density at radius 1 is 1.73 bits per heavy atom. The molecule has 1 atom stereocenters. The Bertz CT molecular complexity index is 129. The molecule has 2 N–H and O–H groups in total. The van der Waals surface area contributed by atoms with Crippen LogP contribution in [0.4, 0.5) is 4.79 Å². The summed E-state index contributed by atoms with van der Waals surface area (Å²) < 4.78 is 5.18. The number of nitrogens with one attached hydrogen (secondary N) is 1. The molecule has 0 aromatic carbocycles. The van der Waals surface area contributed by atoms with Crippen LogP contribution in [0.1, 0.15) is 6.92 Å². The van der Waals surface area contributed by atoms with Crippen molar-refractivity contribution in [3.63, 3.8) is 0 Å². The van der Waals surface area contributed by atoms with Crippen molar-refractivity contribution < 1.29 is 14.6 Å². The predicted octanol–water partition coefficient (Wildman–Crippen LogP) is 0.643. The summed E-state index contributed by atoms with van der Waals surface area (Å²) in [5.74, 6) is -0.252. The van der Waals surface area contributed by atoms with E-state index in [9.17, 15) is 4.79 Å². The molecular formula is C6H15NO3Si. The lowest BCUT2D eigenvalue weighted by Crippen LogP contribution is -2.44. The second kappa shape index (κ2) is 5.14. The summed E-state index contributed by atoms with van der Waals surface area (Å²) in [6.45, 7) is 6.48. The van der Waals surface area contributed by atoms with Crippen molar-refractivity contribution in [1.29, 1.82) is 0 Å². The fourth-order valence-corrected chi connectivity index (χ4v) is 1.76. The Labute approximate surface area is 68.2 Å². The third-order valence-corrected chi connectivity index (χ3v) is 2.79. The Kier molecular flexibility index (Phi) is 4.89. The lowest BCUT2D eigenvalue weighted by Gasteiger charge is -2.19. The van der Waals surface area contributed by atoms with Crippen LogP contribution in [0.25, 0.3) is 0 Å². The van der Waals surface area contributed by atoms with Gasteiger partial charge < -0.3 is 9.84 Å². The van der Waals surface area contributed by atoms with Crippen molar-refractivity contribution in [3.8, 4) is 0 Å². The molecule has 66 valence electrons. The Morgan fingerprint density at radius 3 is 2.55 bits per heavy atom. The predicted molar refractivity (Wildman–Crippen MR) is 45.5 cm³/mol. The molecule has 0 saturated carbocycles. The van der Waals surface area contributed by atoms with E-state index in [-0.39, 0.29) is 5.85 Å². The number of hydrogen-bond donors (Lipinski definition) is 2. The van der Waals surface area contributed by atoms with Gasteiger partial charge in [0, 0.05) is 6.61 Å². The summed E-state index contributed by atoms with van der Waals surface area (Å²) in [6, 6.07) is 0. The number of amides is 1. The van der Waals surface area contributed by atoms with Crippen LogP contribution < -0.4 is 5.32 Å². The first-order valence-electron chi connectivity index (χ1n) is 3.69. The van der Waals surface area contributed by atoms with Gasteiger partial charge in [0.1, 0.15) is 5.85 Å². The van der Waals surface area contributed by atoms with Gasteiger partial charge in [0.05, 0.1) is 8.80 Å². The van der Waals surface area contributed by atoms with Crippen LogP contribution in [0.5, 0.6) is 0 Å². The van der Waals surface area contributed by atoms with E-state index in [0.717, 1.165) is 0 Å². The van der Waals surface area contributed by atoms with Crippen LogP contribution in [0.15, 0.2) is 0 Å². The Morgan fingerprint density at radius 2 is 2.27 bits per heavy atom. The van der Waals surface area contributed by atoms with Crippen LogP contribution >= 0.6 is 0 Å². The van der Waals surface area contributed by atoms with Crippen LogP contribution in [-0.4, -0.2) is 32.5 Å². The maximum Gasteiger partial charge on any atom is 0.406 e. The number of hydrogen-bond acceptors (Lipinski definition) is 2. The highest BCUT2D eigenvalue weighted by atomic mass is 28.3. The molecule has 0 bridgehead atoms. The van der Waals surface area contributed by atoms with Gasteiger partial charge >= 0.3 is 6.09 Å². The van der Waals surface area contributed by atoms with Gasteiger partial charge in [-0.15, -0.1) is 0 Å². The molecule has 0 aliphatic rings. The van der Waals surface area contributed by atoms with E-state index >= 15 is 0 Å². The number of carboxylic acid groups (broad SMARTS) is 1. The maximum atomic E-state index is 10.2. The first-order chi connectivity index (χ1) is 5.07. The molecule has 0 aromatic heterocycles. The summed E-state index contributed by atoms with van der Waals surface area (Å²) in [7, 11) is -1.07. The summed E-state index contributed by atoms with van der Waals surface area (Å²) in [4.78, 5) is 10.2. The molecule has 0 fully saturated rings. The van der Waals surface area contributed by atoms with Gasteiger partial charge in [-0.05, 0) is 6.92 Å². The lowest BCUT2D eigenvalue weighted by atomic mass is 10.9. The summed E-state index contributed by atoms with van der Waals surface area (Å²) in [6.07, 6.45) is -1.01. The van der Waals surface area contributed by atoms with Crippen molar-refractivity contribution in [2.45, 2.75) is 25.9 Å². The molecule has 0 rings (SSSR count). The molecule has 0 heterocycles. The second-order valence-corrected chi connectivity index (χ2v) is 5.66. The minimum Gasteiger partial charge on any atom is -0.465 e. The van der Waals surface area contributed by atoms with Crippen molar-refractivity contribution in [2.75, 3.05) is 6.61 Å². The average Bonchev–Trinajstić information content (AvgIpc) is 1.86. The van der Waals surface area contributed by atoms with E-state index < -0.39 is 14.9 Å². The molecule has 0 spiro atoms. The largest absolute Gasteiger partial charge is 0.465 e. The standard InChI is InChI=1S/C6H15NO3Si/c1-4-10-6(11(2)3)7-5(8)9/h6-7,11H,4H2,1-3H3,(H,8,9). The summed E-state index contributed by atoms with van der Waals surface area (Å²) in [5.41, 5.74) is 0. The van der Waals surface area contributed by atoms with Crippen LogP contribution in [0, 0.1) is 0 Å². The van der Waals surface area contributed by atoms with Crippen LogP contribution in [-0.2, 0) is 4.74 Å². The zero-order valence-corrected chi connectivity index (χ0v) is 8.28. The first kappa shape index (κ1) is 10.4. The molecule has 0 aliphatic heterocycles. The van der Waals surface area contributed by atoms with Gasteiger partial charge in [-0.2, -0.15) is 0 Å². The maximum absolute atomic E-state index is 10.2. The third-order valence-electron chi connectivity index (χ3n) is 1.22. The van der Waals surface area contributed by atoms with Crippen molar-refractivity contribution in [2.24, 2.45) is 0 Å².